The van der Waals surface area contributed by atoms with Crippen LogP contribution in [0.3, 0.4) is 0 Å². The second kappa shape index (κ2) is 9.48. The van der Waals surface area contributed by atoms with Gasteiger partial charge in [-0.2, -0.15) is 18.3 Å². The summed E-state index contributed by atoms with van der Waals surface area (Å²) in [6.45, 7) is 0.0905. The first-order valence-electron chi connectivity index (χ1n) is 9.92. The highest BCUT2D eigenvalue weighted by atomic mass is 35.5. The van der Waals surface area contributed by atoms with Gasteiger partial charge in [-0.3, -0.25) is 4.68 Å². The normalized spacial score (nSPS) is 11.5. The van der Waals surface area contributed by atoms with Crippen LogP contribution in [0.2, 0.25) is 10.0 Å². The first kappa shape index (κ1) is 23.8. The van der Waals surface area contributed by atoms with E-state index >= 15 is 0 Å². The minimum absolute atomic E-state index is 0.0762. The molecule has 0 saturated heterocycles. The van der Waals surface area contributed by atoms with Gasteiger partial charge in [-0.25, -0.2) is 0 Å². The fourth-order valence-corrected chi connectivity index (χ4v) is 3.90. The number of rotatable bonds is 6. The van der Waals surface area contributed by atoms with Crippen LogP contribution in [0.15, 0.2) is 72.0 Å². The second-order valence-corrected chi connectivity index (χ2v) is 8.22. The van der Waals surface area contributed by atoms with E-state index in [2.05, 4.69) is 10.3 Å². The van der Waals surface area contributed by atoms with E-state index in [1.807, 2.05) is 0 Å². The summed E-state index contributed by atoms with van der Waals surface area (Å²) < 4.78 is 48.2. The molecule has 0 unspecified atom stereocenters. The molecule has 1 aromatic heterocycles. The summed E-state index contributed by atoms with van der Waals surface area (Å²) in [4.78, 5) is 12.0. The number of ether oxygens (including phenoxy) is 1. The number of nitrogens with zero attached hydrogens (tertiary/aromatic N) is 3. The van der Waals surface area contributed by atoms with Gasteiger partial charge in [0.25, 0.3) is 0 Å². The zero-order valence-electron chi connectivity index (χ0n) is 17.6. The SMILES string of the molecule is Cn1nccc1-c1ccc(OCc2ccc(Cl)cc2)c(-c2ccc(Cl)c(C(F)(F)F)c2)c1N=O. The van der Waals surface area contributed by atoms with Crippen LogP contribution in [0.25, 0.3) is 22.4 Å². The minimum Gasteiger partial charge on any atom is -0.488 e. The summed E-state index contributed by atoms with van der Waals surface area (Å²) in [7, 11) is 1.68. The van der Waals surface area contributed by atoms with Crippen molar-refractivity contribution in [1.82, 2.24) is 9.78 Å². The molecule has 174 valence electrons. The van der Waals surface area contributed by atoms with E-state index in [-0.39, 0.29) is 29.2 Å². The molecule has 0 amide bonds. The fraction of sp³-hybridized carbons (Fsp3) is 0.125. The predicted molar refractivity (Wildman–Crippen MR) is 125 cm³/mol. The molecule has 0 saturated carbocycles. The second-order valence-electron chi connectivity index (χ2n) is 7.37. The molecule has 0 atom stereocenters. The number of aromatic nitrogens is 2. The molecule has 4 aromatic rings. The Morgan fingerprint density at radius 2 is 1.76 bits per heavy atom. The van der Waals surface area contributed by atoms with Gasteiger partial charge < -0.3 is 4.74 Å². The Morgan fingerprint density at radius 3 is 2.38 bits per heavy atom. The molecule has 0 fully saturated rings. The third-order valence-corrected chi connectivity index (χ3v) is 5.78. The van der Waals surface area contributed by atoms with E-state index in [0.717, 1.165) is 17.7 Å². The van der Waals surface area contributed by atoms with Crippen LogP contribution in [-0.4, -0.2) is 9.78 Å². The number of hydrogen-bond donors (Lipinski definition) is 0. The fourth-order valence-electron chi connectivity index (χ4n) is 3.55. The third-order valence-electron chi connectivity index (χ3n) is 5.20. The number of hydrogen-bond acceptors (Lipinski definition) is 4. The molecule has 0 radical (unpaired) electrons. The third kappa shape index (κ3) is 4.78. The van der Waals surface area contributed by atoms with Gasteiger partial charge in [0.1, 0.15) is 18.0 Å². The van der Waals surface area contributed by atoms with Crippen LogP contribution in [0.5, 0.6) is 5.75 Å². The van der Waals surface area contributed by atoms with Crippen molar-refractivity contribution in [2.24, 2.45) is 12.2 Å². The van der Waals surface area contributed by atoms with Crippen LogP contribution in [0.1, 0.15) is 11.1 Å². The Morgan fingerprint density at radius 1 is 1.03 bits per heavy atom. The van der Waals surface area contributed by atoms with Gasteiger partial charge in [0.2, 0.25) is 0 Å². The summed E-state index contributed by atoms with van der Waals surface area (Å²) >= 11 is 11.7. The zero-order chi connectivity index (χ0) is 24.5. The molecule has 0 aliphatic carbocycles. The first-order chi connectivity index (χ1) is 16.2. The summed E-state index contributed by atoms with van der Waals surface area (Å²) in [5.41, 5.74) is 0.827. The van der Waals surface area contributed by atoms with Crippen molar-refractivity contribution in [1.29, 1.82) is 0 Å². The molecule has 5 nitrogen and oxygen atoms in total. The molecular formula is C24H16Cl2F3N3O2. The maximum Gasteiger partial charge on any atom is 0.417 e. The molecule has 0 spiro atoms. The average Bonchev–Trinajstić information content (AvgIpc) is 3.23. The van der Waals surface area contributed by atoms with Crippen LogP contribution in [-0.2, 0) is 19.8 Å². The van der Waals surface area contributed by atoms with E-state index in [1.54, 1.807) is 55.7 Å². The molecule has 4 rings (SSSR count). The maximum atomic E-state index is 13.6. The maximum absolute atomic E-state index is 13.6. The standard InChI is InChI=1S/C24H16Cl2F3N3O2/c1-32-20(10-11-30-32)17-7-9-21(34-13-14-2-5-16(25)6-3-14)22(23(17)31-33)15-4-8-19(26)18(12-15)24(27,28)29/h2-12H,13H2,1H3. The summed E-state index contributed by atoms with van der Waals surface area (Å²) in [6.07, 6.45) is -3.15. The van der Waals surface area contributed by atoms with Crippen LogP contribution < -0.4 is 4.74 Å². The molecular weight excluding hydrogens is 490 g/mol. The number of halogens is 5. The Labute approximate surface area is 202 Å². The number of nitroso groups, excluding NO2 is 1. The Kier molecular flexibility index (Phi) is 6.63. The van der Waals surface area contributed by atoms with Gasteiger partial charge in [-0.05, 0) is 58.8 Å². The highest BCUT2D eigenvalue weighted by Gasteiger charge is 2.34. The van der Waals surface area contributed by atoms with Crippen LogP contribution in [0.4, 0.5) is 18.9 Å². The van der Waals surface area contributed by atoms with Gasteiger partial charge in [0, 0.05) is 23.8 Å². The van der Waals surface area contributed by atoms with Crippen molar-refractivity contribution in [2.45, 2.75) is 12.8 Å². The predicted octanol–water partition coefficient (Wildman–Crippen LogP) is 8.06. The van der Waals surface area contributed by atoms with E-state index < -0.39 is 16.8 Å². The lowest BCUT2D eigenvalue weighted by molar-refractivity contribution is -0.137. The largest absolute Gasteiger partial charge is 0.488 e. The average molecular weight is 506 g/mol. The summed E-state index contributed by atoms with van der Waals surface area (Å²) in [5.74, 6) is 0.186. The lowest BCUT2D eigenvalue weighted by atomic mass is 9.96. The van der Waals surface area contributed by atoms with E-state index in [9.17, 15) is 18.1 Å². The molecule has 10 heteroatoms. The number of alkyl halides is 3. The Bertz CT molecular complexity index is 1350. The van der Waals surface area contributed by atoms with Gasteiger partial charge in [-0.1, -0.05) is 41.4 Å². The minimum atomic E-state index is -4.69. The molecule has 0 N–H and O–H groups in total. The smallest absolute Gasteiger partial charge is 0.417 e. The Hall–Kier alpha value is -3.36. The van der Waals surface area contributed by atoms with Crippen LogP contribution >= 0.6 is 23.2 Å². The Balaban J connectivity index is 1.89. The van der Waals surface area contributed by atoms with Gasteiger partial charge >= 0.3 is 6.18 Å². The monoisotopic (exact) mass is 505 g/mol. The summed E-state index contributed by atoms with van der Waals surface area (Å²) in [6, 6.07) is 15.2. The number of aryl methyl sites for hydroxylation is 1. The highest BCUT2D eigenvalue weighted by Crippen LogP contribution is 2.47. The zero-order valence-corrected chi connectivity index (χ0v) is 19.1. The number of benzene rings is 3. The van der Waals surface area contributed by atoms with E-state index in [1.165, 1.54) is 10.7 Å². The van der Waals surface area contributed by atoms with Gasteiger partial charge in [0.05, 0.1) is 21.8 Å². The highest BCUT2D eigenvalue weighted by molar-refractivity contribution is 6.31. The van der Waals surface area contributed by atoms with E-state index in [4.69, 9.17) is 27.9 Å². The first-order valence-corrected chi connectivity index (χ1v) is 10.7. The van der Waals surface area contributed by atoms with Crippen molar-refractivity contribution >= 4 is 28.9 Å². The van der Waals surface area contributed by atoms with Crippen molar-refractivity contribution in [3.05, 3.63) is 92.9 Å². The molecule has 1 heterocycles. The quantitative estimate of drug-likeness (QED) is 0.249. The topological polar surface area (TPSA) is 56.5 Å². The molecule has 0 aliphatic heterocycles. The lowest BCUT2D eigenvalue weighted by Gasteiger charge is -2.18. The van der Waals surface area contributed by atoms with Crippen LogP contribution in [0, 0.1) is 4.91 Å². The van der Waals surface area contributed by atoms with Crippen molar-refractivity contribution < 1.29 is 17.9 Å². The lowest BCUT2D eigenvalue weighted by Crippen LogP contribution is -2.06. The summed E-state index contributed by atoms with van der Waals surface area (Å²) in [5, 5.41) is 7.38. The molecule has 0 aliphatic rings. The van der Waals surface area contributed by atoms with Crippen molar-refractivity contribution in [3.8, 4) is 28.1 Å². The molecule has 0 bridgehead atoms. The van der Waals surface area contributed by atoms with Gasteiger partial charge in [0.15, 0.2) is 0 Å². The molecule has 3 aromatic carbocycles. The van der Waals surface area contributed by atoms with Crippen molar-refractivity contribution in [3.63, 3.8) is 0 Å². The van der Waals surface area contributed by atoms with E-state index in [0.29, 0.717) is 16.3 Å². The molecule has 34 heavy (non-hydrogen) atoms. The van der Waals surface area contributed by atoms with Crippen molar-refractivity contribution in [2.75, 3.05) is 0 Å². The van der Waals surface area contributed by atoms with Gasteiger partial charge in [-0.15, -0.1) is 4.91 Å².